The Morgan fingerprint density at radius 1 is 0.879 bits per heavy atom. The van der Waals surface area contributed by atoms with Crippen LogP contribution in [0.25, 0.3) is 0 Å². The Morgan fingerprint density at radius 2 is 1.52 bits per heavy atom. The number of nitrogens with zero attached hydrogens (tertiary/aromatic N) is 6. The summed E-state index contributed by atoms with van der Waals surface area (Å²) >= 11 is 6.29. The van der Waals surface area contributed by atoms with Crippen LogP contribution in [0.3, 0.4) is 0 Å². The van der Waals surface area contributed by atoms with Gasteiger partial charge in [0, 0.05) is 51.0 Å². The number of guanidine groups is 1. The quantitative estimate of drug-likeness (QED) is 0.695. The summed E-state index contributed by atoms with van der Waals surface area (Å²) in [5.41, 5.74) is 1.95. The van der Waals surface area contributed by atoms with Gasteiger partial charge in [-0.3, -0.25) is 9.69 Å². The Hall–Kier alpha value is -3.26. The average molecular weight is 467 g/mol. The molecule has 0 saturated carbocycles. The van der Waals surface area contributed by atoms with E-state index in [1.807, 2.05) is 48.3 Å². The van der Waals surface area contributed by atoms with Crippen LogP contribution in [0.5, 0.6) is 0 Å². The molecule has 0 aromatic heterocycles. The number of urea groups is 1. The summed E-state index contributed by atoms with van der Waals surface area (Å²) in [4.78, 5) is 40.7. The summed E-state index contributed by atoms with van der Waals surface area (Å²) in [6, 6.07) is 16.7. The first-order chi connectivity index (χ1) is 16.0. The summed E-state index contributed by atoms with van der Waals surface area (Å²) in [5, 5.41) is 0.538. The van der Waals surface area contributed by atoms with Crippen molar-refractivity contribution in [2.45, 2.75) is 18.8 Å². The van der Waals surface area contributed by atoms with E-state index >= 15 is 0 Å². The van der Waals surface area contributed by atoms with Gasteiger partial charge in [0.2, 0.25) is 0 Å². The smallest absolute Gasteiger partial charge is 0.328 e. The minimum Gasteiger partial charge on any atom is -0.368 e. The van der Waals surface area contributed by atoms with Gasteiger partial charge in [0.25, 0.3) is 5.91 Å². The van der Waals surface area contributed by atoms with Gasteiger partial charge in [0.05, 0.1) is 6.54 Å². The van der Waals surface area contributed by atoms with E-state index in [4.69, 9.17) is 16.6 Å². The first-order valence-corrected chi connectivity index (χ1v) is 11.5. The highest BCUT2D eigenvalue weighted by Crippen LogP contribution is 2.30. The monoisotopic (exact) mass is 466 g/mol. The normalized spacial score (nSPS) is 23.2. The van der Waals surface area contributed by atoms with Crippen LogP contribution in [-0.2, 0) is 11.3 Å². The van der Waals surface area contributed by atoms with Gasteiger partial charge in [-0.1, -0.05) is 48.0 Å². The number of amides is 3. The summed E-state index contributed by atoms with van der Waals surface area (Å²) in [5.74, 6) is 0.525. The van der Waals surface area contributed by atoms with Crippen LogP contribution in [0, 0.1) is 0 Å². The number of aliphatic imine (C=N–C) groups is 1. The van der Waals surface area contributed by atoms with Gasteiger partial charge in [-0.2, -0.15) is 0 Å². The second-order valence-electron chi connectivity index (χ2n) is 8.62. The fraction of sp³-hybridized carbons (Fsp3) is 0.375. The van der Waals surface area contributed by atoms with Crippen molar-refractivity contribution in [1.29, 1.82) is 0 Å². The lowest BCUT2D eigenvalue weighted by molar-refractivity contribution is -0.137. The molecule has 33 heavy (non-hydrogen) atoms. The summed E-state index contributed by atoms with van der Waals surface area (Å²) in [7, 11) is 3.60. The average Bonchev–Trinajstić information content (AvgIpc) is 3.19. The number of likely N-dealkylation sites (N-methyl/N-ethyl adjacent to an activating group) is 2. The molecule has 0 bridgehead atoms. The van der Waals surface area contributed by atoms with Crippen molar-refractivity contribution in [3.05, 3.63) is 65.2 Å². The third-order valence-corrected chi connectivity index (χ3v) is 7.05. The van der Waals surface area contributed by atoms with Crippen LogP contribution in [0.15, 0.2) is 59.6 Å². The number of anilines is 1. The number of para-hydroxylation sites is 1. The predicted octanol–water partition coefficient (Wildman–Crippen LogP) is 2.55. The second kappa shape index (κ2) is 8.59. The number of benzene rings is 2. The van der Waals surface area contributed by atoms with Gasteiger partial charge >= 0.3 is 6.03 Å². The highest BCUT2D eigenvalue weighted by atomic mass is 35.5. The van der Waals surface area contributed by atoms with E-state index in [0.29, 0.717) is 5.02 Å². The van der Waals surface area contributed by atoms with E-state index < -0.39 is 12.2 Å². The van der Waals surface area contributed by atoms with Crippen LogP contribution in [-0.4, -0.2) is 90.0 Å². The Morgan fingerprint density at radius 3 is 2.21 bits per heavy atom. The van der Waals surface area contributed by atoms with E-state index in [0.717, 1.165) is 37.7 Å². The van der Waals surface area contributed by atoms with Crippen molar-refractivity contribution < 1.29 is 9.59 Å². The molecule has 3 amide bonds. The number of rotatable bonds is 3. The Labute approximate surface area is 198 Å². The zero-order valence-electron chi connectivity index (χ0n) is 18.8. The number of imide groups is 1. The molecule has 2 aromatic carbocycles. The van der Waals surface area contributed by atoms with Crippen molar-refractivity contribution in [1.82, 2.24) is 19.6 Å². The maximum absolute atomic E-state index is 13.4. The van der Waals surface area contributed by atoms with Crippen molar-refractivity contribution in [3.8, 4) is 0 Å². The molecule has 9 heteroatoms. The summed E-state index contributed by atoms with van der Waals surface area (Å²) in [6.45, 7) is 3.48. The Balaban J connectivity index is 1.32. The lowest BCUT2D eigenvalue weighted by Gasteiger charge is -2.42. The SMILES string of the molecule is CN1C(=O)N(Cc2ccccc2Cl)C(=O)C2C1N=C(N1CCN(c3ccccc3)CC1)N2C. The summed E-state index contributed by atoms with van der Waals surface area (Å²) in [6.07, 6.45) is -0.528. The summed E-state index contributed by atoms with van der Waals surface area (Å²) < 4.78 is 0. The molecule has 2 saturated heterocycles. The standard InChI is InChI=1S/C24H27ClN6O2/c1-27-20-21(26-23(27)30-14-12-29(13-15-30)18-9-4-3-5-10-18)28(2)24(33)31(22(20)32)16-17-8-6-7-11-19(17)25/h3-11,20-21H,12-16H2,1-2H3. The minimum atomic E-state index is -0.544. The molecule has 5 rings (SSSR count). The number of hydrogen-bond acceptors (Lipinski definition) is 6. The van der Waals surface area contributed by atoms with Gasteiger partial charge in [-0.25, -0.2) is 9.79 Å². The zero-order chi connectivity index (χ0) is 23.1. The molecular formula is C24H27ClN6O2. The van der Waals surface area contributed by atoms with Crippen molar-refractivity contribution in [2.75, 3.05) is 45.2 Å². The Bertz CT molecular complexity index is 1090. The highest BCUT2D eigenvalue weighted by Gasteiger charge is 2.52. The Kier molecular flexibility index (Phi) is 5.62. The molecule has 2 fully saturated rings. The fourth-order valence-corrected chi connectivity index (χ4v) is 5.00. The van der Waals surface area contributed by atoms with Crippen LogP contribution in [0.1, 0.15) is 5.56 Å². The van der Waals surface area contributed by atoms with Crippen molar-refractivity contribution in [2.24, 2.45) is 4.99 Å². The molecule has 3 aliphatic heterocycles. The van der Waals surface area contributed by atoms with Gasteiger partial charge in [-0.05, 0) is 23.8 Å². The van der Waals surface area contributed by atoms with E-state index in [9.17, 15) is 9.59 Å². The topological polar surface area (TPSA) is 62.7 Å². The molecule has 8 nitrogen and oxygen atoms in total. The first kappa shape index (κ1) is 21.6. The van der Waals surface area contributed by atoms with Crippen molar-refractivity contribution in [3.63, 3.8) is 0 Å². The third-order valence-electron chi connectivity index (χ3n) is 6.68. The third kappa shape index (κ3) is 3.78. The van der Waals surface area contributed by atoms with Gasteiger partial charge < -0.3 is 19.6 Å². The van der Waals surface area contributed by atoms with Crippen LogP contribution in [0.2, 0.25) is 5.02 Å². The zero-order valence-corrected chi connectivity index (χ0v) is 19.5. The molecule has 0 radical (unpaired) electrons. The molecule has 0 aliphatic carbocycles. The number of hydrogen-bond donors (Lipinski definition) is 0. The van der Waals surface area contributed by atoms with Gasteiger partial charge in [0.15, 0.2) is 18.2 Å². The molecular weight excluding hydrogens is 440 g/mol. The molecule has 0 spiro atoms. The molecule has 3 aliphatic rings. The second-order valence-corrected chi connectivity index (χ2v) is 9.02. The lowest BCUT2D eigenvalue weighted by atomic mass is 10.1. The maximum atomic E-state index is 13.4. The van der Waals surface area contributed by atoms with Gasteiger partial charge in [-0.15, -0.1) is 0 Å². The maximum Gasteiger partial charge on any atom is 0.328 e. The van der Waals surface area contributed by atoms with Crippen molar-refractivity contribution >= 4 is 35.2 Å². The molecule has 2 aromatic rings. The van der Waals surface area contributed by atoms with E-state index in [1.54, 1.807) is 18.0 Å². The largest absolute Gasteiger partial charge is 0.368 e. The number of fused-ring (bicyclic) bond motifs is 1. The molecule has 3 heterocycles. The van der Waals surface area contributed by atoms with E-state index in [2.05, 4.69) is 21.9 Å². The molecule has 172 valence electrons. The minimum absolute atomic E-state index is 0.143. The molecule has 2 atom stereocenters. The molecule has 0 N–H and O–H groups in total. The van der Waals surface area contributed by atoms with Crippen LogP contribution >= 0.6 is 11.6 Å². The molecule has 2 unspecified atom stereocenters. The predicted molar refractivity (Wildman–Crippen MR) is 128 cm³/mol. The van der Waals surface area contributed by atoms with Gasteiger partial charge in [0.1, 0.15) is 0 Å². The first-order valence-electron chi connectivity index (χ1n) is 11.1. The van der Waals surface area contributed by atoms with Crippen LogP contribution in [0.4, 0.5) is 10.5 Å². The van der Waals surface area contributed by atoms with Crippen LogP contribution < -0.4 is 4.90 Å². The number of carbonyl (C=O) groups is 2. The fourth-order valence-electron chi connectivity index (χ4n) is 4.80. The highest BCUT2D eigenvalue weighted by molar-refractivity contribution is 6.31. The lowest BCUT2D eigenvalue weighted by Crippen LogP contribution is -2.64. The number of carbonyl (C=O) groups excluding carboxylic acids is 2. The number of piperazine rings is 1. The number of halogens is 1. The van der Waals surface area contributed by atoms with E-state index in [1.165, 1.54) is 10.6 Å². The van der Waals surface area contributed by atoms with E-state index in [-0.39, 0.29) is 18.5 Å².